The van der Waals surface area contributed by atoms with E-state index in [1.807, 2.05) is 25.1 Å². The molecule has 1 saturated carbocycles. The molecule has 1 fully saturated rings. The summed E-state index contributed by atoms with van der Waals surface area (Å²) >= 11 is 0. The molecule has 1 aromatic carbocycles. The Morgan fingerprint density at radius 3 is 2.45 bits per heavy atom. The molecule has 0 heterocycles. The van der Waals surface area contributed by atoms with Gasteiger partial charge in [0, 0.05) is 12.5 Å². The highest BCUT2D eigenvalue weighted by Gasteiger charge is 2.23. The number of carbonyl (C=O) groups excluding carboxylic acids is 1. The second kappa shape index (κ2) is 9.86. The van der Waals surface area contributed by atoms with Crippen molar-refractivity contribution in [3.8, 4) is 0 Å². The van der Waals surface area contributed by atoms with Crippen LogP contribution >= 0.6 is 12.4 Å². The van der Waals surface area contributed by atoms with Crippen molar-refractivity contribution < 1.29 is 4.79 Å². The maximum Gasteiger partial charge on any atom is 0.224 e. The number of benzene rings is 1. The standard InChI is InChI=1S/C18H28N2O.ClH/c1-14(13-19)18(21)20-17(16-10-6-3-7-11-16)12-15-8-4-2-5-9-15;/h3,6-7,10-11,14-15,17H,2,4-5,8-9,12-13,19H2,1H3,(H,20,21);1H. The topological polar surface area (TPSA) is 55.1 Å². The molecule has 1 amide bonds. The summed E-state index contributed by atoms with van der Waals surface area (Å²) in [5, 5.41) is 3.21. The molecule has 124 valence electrons. The van der Waals surface area contributed by atoms with Crippen molar-refractivity contribution >= 4 is 18.3 Å². The second-order valence-electron chi connectivity index (χ2n) is 6.35. The van der Waals surface area contributed by atoms with E-state index < -0.39 is 0 Å². The average Bonchev–Trinajstić information content (AvgIpc) is 2.55. The first-order valence-electron chi connectivity index (χ1n) is 8.26. The summed E-state index contributed by atoms with van der Waals surface area (Å²) in [6.45, 7) is 2.29. The van der Waals surface area contributed by atoms with Crippen LogP contribution in [0.25, 0.3) is 0 Å². The molecule has 2 rings (SSSR count). The normalized spacial score (nSPS) is 18.1. The lowest BCUT2D eigenvalue weighted by Gasteiger charge is -2.28. The molecule has 3 nitrogen and oxygen atoms in total. The fourth-order valence-electron chi connectivity index (χ4n) is 3.14. The van der Waals surface area contributed by atoms with Gasteiger partial charge in [0.05, 0.1) is 6.04 Å². The summed E-state index contributed by atoms with van der Waals surface area (Å²) in [4.78, 5) is 12.2. The van der Waals surface area contributed by atoms with Crippen molar-refractivity contribution in [1.82, 2.24) is 5.32 Å². The van der Waals surface area contributed by atoms with Crippen molar-refractivity contribution in [3.63, 3.8) is 0 Å². The number of hydrogen-bond donors (Lipinski definition) is 2. The van der Waals surface area contributed by atoms with E-state index in [2.05, 4.69) is 17.4 Å². The minimum atomic E-state index is -0.123. The molecule has 2 unspecified atom stereocenters. The number of nitrogens with one attached hydrogen (secondary N) is 1. The fourth-order valence-corrected chi connectivity index (χ4v) is 3.14. The summed E-state index contributed by atoms with van der Waals surface area (Å²) < 4.78 is 0. The van der Waals surface area contributed by atoms with Crippen LogP contribution in [0.4, 0.5) is 0 Å². The van der Waals surface area contributed by atoms with Crippen molar-refractivity contribution in [2.24, 2.45) is 17.6 Å². The molecule has 0 radical (unpaired) electrons. The van der Waals surface area contributed by atoms with Gasteiger partial charge >= 0.3 is 0 Å². The first-order valence-corrected chi connectivity index (χ1v) is 8.26. The van der Waals surface area contributed by atoms with Gasteiger partial charge in [-0.3, -0.25) is 4.79 Å². The highest BCUT2D eigenvalue weighted by Crippen LogP contribution is 2.32. The molecule has 3 N–H and O–H groups in total. The summed E-state index contributed by atoms with van der Waals surface area (Å²) in [6.07, 6.45) is 7.67. The Balaban J connectivity index is 0.00000242. The summed E-state index contributed by atoms with van der Waals surface area (Å²) in [6, 6.07) is 10.5. The van der Waals surface area contributed by atoms with Gasteiger partial charge in [0.2, 0.25) is 5.91 Å². The number of carbonyl (C=O) groups is 1. The van der Waals surface area contributed by atoms with Crippen LogP contribution in [0.5, 0.6) is 0 Å². The summed E-state index contributed by atoms with van der Waals surface area (Å²) in [5.41, 5.74) is 6.82. The average molecular weight is 325 g/mol. The summed E-state index contributed by atoms with van der Waals surface area (Å²) in [5.74, 6) is 0.683. The Labute approximate surface area is 140 Å². The fraction of sp³-hybridized carbons (Fsp3) is 0.611. The number of hydrogen-bond acceptors (Lipinski definition) is 2. The Morgan fingerprint density at radius 2 is 1.86 bits per heavy atom. The van der Waals surface area contributed by atoms with Crippen LogP contribution in [0.1, 0.15) is 57.1 Å². The molecule has 2 atom stereocenters. The van der Waals surface area contributed by atoms with Crippen molar-refractivity contribution in [1.29, 1.82) is 0 Å². The van der Waals surface area contributed by atoms with E-state index >= 15 is 0 Å². The van der Waals surface area contributed by atoms with Gasteiger partial charge in [-0.2, -0.15) is 0 Å². The molecule has 1 aliphatic carbocycles. The van der Waals surface area contributed by atoms with Gasteiger partial charge in [-0.1, -0.05) is 69.4 Å². The van der Waals surface area contributed by atoms with E-state index in [0.29, 0.717) is 6.54 Å². The van der Waals surface area contributed by atoms with Gasteiger partial charge in [0.25, 0.3) is 0 Å². The maximum atomic E-state index is 12.2. The molecule has 0 aliphatic heterocycles. The molecule has 0 aromatic heterocycles. The van der Waals surface area contributed by atoms with Gasteiger partial charge in [-0.15, -0.1) is 12.4 Å². The third-order valence-corrected chi connectivity index (χ3v) is 4.61. The van der Waals surface area contributed by atoms with Gasteiger partial charge in [0.15, 0.2) is 0 Å². The zero-order valence-electron chi connectivity index (χ0n) is 13.5. The van der Waals surface area contributed by atoms with E-state index in [1.165, 1.54) is 37.7 Å². The van der Waals surface area contributed by atoms with Crippen LogP contribution < -0.4 is 11.1 Å². The molecular weight excluding hydrogens is 296 g/mol. The quantitative estimate of drug-likeness (QED) is 0.835. The predicted molar refractivity (Wildman–Crippen MR) is 94.0 cm³/mol. The molecule has 4 heteroatoms. The highest BCUT2D eigenvalue weighted by molar-refractivity contribution is 5.85. The lowest BCUT2D eigenvalue weighted by molar-refractivity contribution is -0.125. The number of nitrogens with two attached hydrogens (primary N) is 1. The minimum absolute atomic E-state index is 0. The van der Waals surface area contributed by atoms with Crippen molar-refractivity contribution in [3.05, 3.63) is 35.9 Å². The van der Waals surface area contributed by atoms with Crippen molar-refractivity contribution in [2.45, 2.75) is 51.5 Å². The number of rotatable bonds is 6. The third kappa shape index (κ3) is 5.62. The van der Waals surface area contributed by atoms with Crippen LogP contribution in [0.2, 0.25) is 0 Å². The molecule has 0 saturated heterocycles. The third-order valence-electron chi connectivity index (χ3n) is 4.61. The van der Waals surface area contributed by atoms with Gasteiger partial charge < -0.3 is 11.1 Å². The molecule has 1 aliphatic rings. The van der Waals surface area contributed by atoms with Crippen molar-refractivity contribution in [2.75, 3.05) is 6.54 Å². The lowest BCUT2D eigenvalue weighted by atomic mass is 9.83. The lowest BCUT2D eigenvalue weighted by Crippen LogP contribution is -2.36. The van der Waals surface area contributed by atoms with Gasteiger partial charge in [0.1, 0.15) is 0 Å². The first-order chi connectivity index (χ1) is 10.2. The van der Waals surface area contributed by atoms with Gasteiger partial charge in [-0.25, -0.2) is 0 Å². The second-order valence-corrected chi connectivity index (χ2v) is 6.35. The van der Waals surface area contributed by atoms with E-state index in [9.17, 15) is 4.79 Å². The highest BCUT2D eigenvalue weighted by atomic mass is 35.5. The smallest absolute Gasteiger partial charge is 0.224 e. The van der Waals surface area contributed by atoms with Crippen LogP contribution in [0.15, 0.2) is 30.3 Å². The zero-order chi connectivity index (χ0) is 15.1. The van der Waals surface area contributed by atoms with E-state index in [0.717, 1.165) is 12.3 Å². The largest absolute Gasteiger partial charge is 0.349 e. The molecule has 0 bridgehead atoms. The Hall–Kier alpha value is -1.06. The SMILES string of the molecule is CC(CN)C(=O)NC(CC1CCCCC1)c1ccccc1.Cl. The van der Waals surface area contributed by atoms with E-state index in [4.69, 9.17) is 5.73 Å². The monoisotopic (exact) mass is 324 g/mol. The van der Waals surface area contributed by atoms with Gasteiger partial charge in [-0.05, 0) is 17.9 Å². The van der Waals surface area contributed by atoms with Crippen LogP contribution in [-0.2, 0) is 4.79 Å². The first kappa shape index (κ1) is 19.0. The number of halogens is 1. The van der Waals surface area contributed by atoms with E-state index in [-0.39, 0.29) is 30.3 Å². The predicted octanol–water partition coefficient (Wildman–Crippen LogP) is 3.83. The maximum absolute atomic E-state index is 12.2. The Kier molecular flexibility index (Phi) is 8.51. The molecule has 22 heavy (non-hydrogen) atoms. The molecule has 0 spiro atoms. The zero-order valence-corrected chi connectivity index (χ0v) is 14.3. The minimum Gasteiger partial charge on any atom is -0.349 e. The van der Waals surface area contributed by atoms with Crippen LogP contribution in [-0.4, -0.2) is 12.5 Å². The Bertz CT molecular complexity index is 432. The Morgan fingerprint density at radius 1 is 1.23 bits per heavy atom. The molecule has 1 aromatic rings. The summed E-state index contributed by atoms with van der Waals surface area (Å²) in [7, 11) is 0. The van der Waals surface area contributed by atoms with E-state index in [1.54, 1.807) is 0 Å². The van der Waals surface area contributed by atoms with Crippen LogP contribution in [0.3, 0.4) is 0 Å². The van der Waals surface area contributed by atoms with Crippen LogP contribution in [0, 0.1) is 11.8 Å². The molecular formula is C18H29ClN2O. The number of amides is 1.